The first-order chi connectivity index (χ1) is 9.08. The second kappa shape index (κ2) is 4.34. The normalized spacial score (nSPS) is 21.4. The number of amides is 2. The van der Waals surface area contributed by atoms with Crippen LogP contribution in [0.15, 0.2) is 22.7 Å². The Morgan fingerprint density at radius 2 is 2.16 bits per heavy atom. The van der Waals surface area contributed by atoms with Crippen molar-refractivity contribution < 1.29 is 19.1 Å². The van der Waals surface area contributed by atoms with Crippen LogP contribution in [0.1, 0.15) is 10.4 Å². The average molecular weight is 325 g/mol. The Hall–Kier alpha value is -1.89. The fourth-order valence-electron chi connectivity index (χ4n) is 2.22. The van der Waals surface area contributed by atoms with Crippen molar-refractivity contribution >= 4 is 39.4 Å². The number of ketones is 1. The van der Waals surface area contributed by atoms with Crippen LogP contribution in [0.3, 0.4) is 0 Å². The third-order valence-electron chi connectivity index (χ3n) is 3.07. The summed E-state index contributed by atoms with van der Waals surface area (Å²) in [5.74, 6) is -1.13. The van der Waals surface area contributed by atoms with E-state index in [2.05, 4.69) is 21.2 Å². The van der Waals surface area contributed by atoms with Crippen molar-refractivity contribution in [2.45, 2.75) is 6.10 Å². The van der Waals surface area contributed by atoms with Crippen molar-refractivity contribution in [3.63, 3.8) is 0 Å². The van der Waals surface area contributed by atoms with Crippen molar-refractivity contribution in [1.82, 2.24) is 5.32 Å². The quantitative estimate of drug-likeness (QED) is 0.826. The van der Waals surface area contributed by atoms with E-state index in [0.29, 0.717) is 22.3 Å². The van der Waals surface area contributed by atoms with Crippen molar-refractivity contribution in [2.24, 2.45) is 0 Å². The summed E-state index contributed by atoms with van der Waals surface area (Å²) in [5, 5.41) is 2.51. The molecule has 1 unspecified atom stereocenters. The Morgan fingerprint density at radius 3 is 2.84 bits per heavy atom. The molecule has 0 aliphatic carbocycles. The topological polar surface area (TPSA) is 75.7 Å². The van der Waals surface area contributed by atoms with Crippen molar-refractivity contribution in [3.8, 4) is 0 Å². The van der Waals surface area contributed by atoms with Gasteiger partial charge in [-0.2, -0.15) is 0 Å². The molecule has 0 bridgehead atoms. The van der Waals surface area contributed by atoms with Gasteiger partial charge in [-0.25, -0.2) is 4.79 Å². The summed E-state index contributed by atoms with van der Waals surface area (Å²) in [7, 11) is 0. The van der Waals surface area contributed by atoms with Crippen LogP contribution < -0.4 is 10.2 Å². The number of rotatable bonds is 2. The van der Waals surface area contributed by atoms with Gasteiger partial charge in [-0.15, -0.1) is 0 Å². The van der Waals surface area contributed by atoms with Crippen LogP contribution in [0.5, 0.6) is 0 Å². The molecule has 1 aromatic carbocycles. The summed E-state index contributed by atoms with van der Waals surface area (Å²) in [6.45, 7) is 0.496. The van der Waals surface area contributed by atoms with Crippen LogP contribution in [0.4, 0.5) is 10.5 Å². The second-order valence-electron chi connectivity index (χ2n) is 4.29. The number of nitrogens with zero attached hydrogens (tertiary/aromatic N) is 1. The summed E-state index contributed by atoms with van der Waals surface area (Å²) in [4.78, 5) is 36.2. The number of ether oxygens (including phenoxy) is 1. The standard InChI is InChI=1S/C12H9BrN2O4/c13-8-3-1-2-7-9(8)15(11(17)10(7)16)5-6-4-14-12(18)19-6/h1-3,6H,4-5H2,(H,14,18). The third kappa shape index (κ3) is 1.90. The second-order valence-corrected chi connectivity index (χ2v) is 5.14. The Morgan fingerprint density at radius 1 is 1.37 bits per heavy atom. The van der Waals surface area contributed by atoms with Crippen LogP contribution in [-0.2, 0) is 9.53 Å². The van der Waals surface area contributed by atoms with Crippen molar-refractivity contribution in [3.05, 3.63) is 28.2 Å². The van der Waals surface area contributed by atoms with E-state index >= 15 is 0 Å². The summed E-state index contributed by atoms with van der Waals surface area (Å²) in [5.41, 5.74) is 0.914. The van der Waals surface area contributed by atoms with E-state index in [9.17, 15) is 14.4 Å². The number of anilines is 1. The highest BCUT2D eigenvalue weighted by molar-refractivity contribution is 9.10. The zero-order valence-corrected chi connectivity index (χ0v) is 11.3. The first-order valence-corrected chi connectivity index (χ1v) is 6.46. The number of nitrogens with one attached hydrogen (secondary N) is 1. The maximum atomic E-state index is 12.0. The van der Waals surface area contributed by atoms with Crippen molar-refractivity contribution in [2.75, 3.05) is 18.0 Å². The number of cyclic esters (lactones) is 1. The fraction of sp³-hybridized carbons (Fsp3) is 0.250. The SMILES string of the molecule is O=C1NCC(CN2C(=O)C(=O)c3cccc(Br)c32)O1. The molecule has 0 aromatic heterocycles. The number of hydrogen-bond donors (Lipinski definition) is 1. The molecule has 2 amide bonds. The van der Waals surface area contributed by atoms with E-state index in [-0.39, 0.29) is 6.54 Å². The molecule has 3 rings (SSSR count). The summed E-state index contributed by atoms with van der Waals surface area (Å²) < 4.78 is 5.66. The molecular weight excluding hydrogens is 316 g/mol. The first-order valence-electron chi connectivity index (χ1n) is 5.67. The lowest BCUT2D eigenvalue weighted by molar-refractivity contribution is -0.114. The van der Waals surface area contributed by atoms with Gasteiger partial charge in [0.05, 0.1) is 24.3 Å². The maximum Gasteiger partial charge on any atom is 0.407 e. The van der Waals surface area contributed by atoms with E-state index in [4.69, 9.17) is 4.74 Å². The Kier molecular flexibility index (Phi) is 2.78. The minimum atomic E-state index is -0.593. The van der Waals surface area contributed by atoms with E-state index < -0.39 is 23.9 Å². The molecule has 6 nitrogen and oxygen atoms in total. The number of fused-ring (bicyclic) bond motifs is 1. The average Bonchev–Trinajstić information content (AvgIpc) is 2.89. The Balaban J connectivity index is 1.93. The van der Waals surface area contributed by atoms with E-state index in [1.165, 1.54) is 4.90 Å². The zero-order valence-electron chi connectivity index (χ0n) is 9.68. The number of carbonyl (C=O) groups is 3. The van der Waals surface area contributed by atoms with E-state index in [1.54, 1.807) is 18.2 Å². The largest absolute Gasteiger partial charge is 0.442 e. The van der Waals surface area contributed by atoms with Crippen molar-refractivity contribution in [1.29, 1.82) is 0 Å². The molecule has 98 valence electrons. The van der Waals surface area contributed by atoms with Crippen LogP contribution in [-0.4, -0.2) is 37.0 Å². The van der Waals surface area contributed by atoms with Gasteiger partial charge in [-0.3, -0.25) is 14.5 Å². The lowest BCUT2D eigenvalue weighted by atomic mass is 10.1. The summed E-state index contributed by atoms with van der Waals surface area (Å²) in [6.07, 6.45) is -0.947. The van der Waals surface area contributed by atoms with Gasteiger partial charge in [-0.1, -0.05) is 6.07 Å². The minimum Gasteiger partial charge on any atom is -0.442 e. The van der Waals surface area contributed by atoms with Gasteiger partial charge in [0.15, 0.2) is 0 Å². The maximum absolute atomic E-state index is 12.0. The number of hydrogen-bond acceptors (Lipinski definition) is 4. The minimum absolute atomic E-state index is 0.166. The van der Waals surface area contributed by atoms with Crippen LogP contribution >= 0.6 is 15.9 Å². The van der Waals surface area contributed by atoms with E-state index in [1.807, 2.05) is 0 Å². The van der Waals surface area contributed by atoms with Crippen LogP contribution in [0.2, 0.25) is 0 Å². The summed E-state index contributed by atoms with van der Waals surface area (Å²) in [6, 6.07) is 5.07. The molecule has 0 radical (unpaired) electrons. The Bertz CT molecular complexity index is 601. The molecule has 1 saturated heterocycles. The number of carbonyl (C=O) groups excluding carboxylic acids is 3. The van der Waals surface area contributed by atoms with Gasteiger partial charge in [0.2, 0.25) is 0 Å². The highest BCUT2D eigenvalue weighted by Gasteiger charge is 2.39. The third-order valence-corrected chi connectivity index (χ3v) is 3.71. The molecule has 2 aliphatic rings. The highest BCUT2D eigenvalue weighted by atomic mass is 79.9. The fourth-order valence-corrected chi connectivity index (χ4v) is 2.80. The van der Waals surface area contributed by atoms with Gasteiger partial charge < -0.3 is 10.1 Å². The molecule has 7 heteroatoms. The van der Waals surface area contributed by atoms with Gasteiger partial charge in [-0.05, 0) is 28.1 Å². The predicted octanol–water partition coefficient (Wildman–Crippen LogP) is 1.09. The van der Waals surface area contributed by atoms with Gasteiger partial charge in [0.25, 0.3) is 11.7 Å². The molecule has 1 aromatic rings. The Labute approximate surface area is 116 Å². The molecular formula is C12H9BrN2O4. The molecule has 19 heavy (non-hydrogen) atoms. The van der Waals surface area contributed by atoms with E-state index in [0.717, 1.165) is 0 Å². The number of para-hydroxylation sites is 1. The molecule has 2 heterocycles. The molecule has 1 fully saturated rings. The van der Waals surface area contributed by atoms with Crippen LogP contribution in [0.25, 0.3) is 0 Å². The molecule has 1 atom stereocenters. The highest BCUT2D eigenvalue weighted by Crippen LogP contribution is 2.36. The van der Waals surface area contributed by atoms with Crippen LogP contribution in [0, 0.1) is 0 Å². The predicted molar refractivity (Wildman–Crippen MR) is 69.1 cm³/mol. The lowest BCUT2D eigenvalue weighted by Gasteiger charge is -2.20. The molecule has 0 saturated carbocycles. The van der Waals surface area contributed by atoms with Gasteiger partial charge >= 0.3 is 6.09 Å². The molecule has 2 aliphatic heterocycles. The smallest absolute Gasteiger partial charge is 0.407 e. The molecule has 1 N–H and O–H groups in total. The first kappa shape index (κ1) is 12.2. The monoisotopic (exact) mass is 324 g/mol. The zero-order chi connectivity index (χ0) is 13.6. The number of halogens is 1. The number of benzene rings is 1. The lowest BCUT2D eigenvalue weighted by Crippen LogP contribution is -2.38. The summed E-state index contributed by atoms with van der Waals surface area (Å²) >= 11 is 3.33. The van der Waals surface area contributed by atoms with Gasteiger partial charge in [0, 0.05) is 4.47 Å². The number of Topliss-reactive ketones (excluding diaryl/α,β-unsaturated/α-hetero) is 1. The molecule has 0 spiro atoms. The number of alkyl carbamates (subject to hydrolysis) is 1. The van der Waals surface area contributed by atoms with Gasteiger partial charge in [0.1, 0.15) is 6.10 Å².